The van der Waals surface area contributed by atoms with Crippen molar-refractivity contribution in [2.24, 2.45) is 0 Å². The molecule has 0 spiro atoms. The lowest BCUT2D eigenvalue weighted by Crippen LogP contribution is -2.37. The minimum atomic E-state index is -0.175. The molecule has 0 saturated carbocycles. The van der Waals surface area contributed by atoms with Crippen molar-refractivity contribution >= 4 is 23.1 Å². The van der Waals surface area contributed by atoms with Gasteiger partial charge in [0.1, 0.15) is 5.01 Å². The molecule has 6 heteroatoms. The fourth-order valence-electron chi connectivity index (χ4n) is 2.29. The van der Waals surface area contributed by atoms with Crippen LogP contribution in [0.15, 0.2) is 35.8 Å². The number of amides is 2. The monoisotopic (exact) mass is 333 g/mol. The van der Waals surface area contributed by atoms with Crippen LogP contribution in [0.2, 0.25) is 0 Å². The summed E-state index contributed by atoms with van der Waals surface area (Å²) in [6.45, 7) is 3.10. The van der Waals surface area contributed by atoms with Crippen LogP contribution in [0.5, 0.6) is 0 Å². The highest BCUT2D eigenvalue weighted by Gasteiger charge is 2.13. The van der Waals surface area contributed by atoms with Gasteiger partial charge < -0.3 is 15.3 Å². The lowest BCUT2D eigenvalue weighted by Gasteiger charge is -2.22. The van der Waals surface area contributed by atoms with Crippen molar-refractivity contribution in [1.82, 2.24) is 9.88 Å². The number of aromatic nitrogens is 1. The Hall–Kier alpha value is -1.92. The van der Waals surface area contributed by atoms with E-state index in [1.54, 1.807) is 22.4 Å². The summed E-state index contributed by atoms with van der Waals surface area (Å²) in [5, 5.41) is 14.9. The Balaban J connectivity index is 2.01. The van der Waals surface area contributed by atoms with Crippen molar-refractivity contribution in [2.45, 2.75) is 26.2 Å². The average Bonchev–Trinajstić information content (AvgIpc) is 3.09. The number of aliphatic hydroxyl groups is 1. The molecule has 0 saturated heterocycles. The third-order valence-electron chi connectivity index (χ3n) is 3.48. The number of rotatable bonds is 8. The van der Waals surface area contributed by atoms with Crippen molar-refractivity contribution in [1.29, 1.82) is 0 Å². The van der Waals surface area contributed by atoms with Gasteiger partial charge in [-0.1, -0.05) is 31.9 Å². The Labute approximate surface area is 141 Å². The fraction of sp³-hybridized carbons (Fsp3) is 0.412. The number of unbranched alkanes of at least 4 members (excludes halogenated alkanes) is 2. The summed E-state index contributed by atoms with van der Waals surface area (Å²) < 4.78 is 0. The first-order valence-corrected chi connectivity index (χ1v) is 8.79. The molecule has 0 aliphatic carbocycles. The van der Waals surface area contributed by atoms with Gasteiger partial charge in [-0.2, -0.15) is 0 Å². The zero-order valence-corrected chi connectivity index (χ0v) is 14.2. The summed E-state index contributed by atoms with van der Waals surface area (Å²) >= 11 is 1.56. The molecule has 2 N–H and O–H groups in total. The van der Waals surface area contributed by atoms with E-state index >= 15 is 0 Å². The zero-order chi connectivity index (χ0) is 16.5. The van der Waals surface area contributed by atoms with Crippen LogP contribution in [0.1, 0.15) is 26.2 Å². The molecule has 5 nitrogen and oxygen atoms in total. The van der Waals surface area contributed by atoms with E-state index in [9.17, 15) is 4.79 Å². The summed E-state index contributed by atoms with van der Waals surface area (Å²) in [5.41, 5.74) is 1.72. The molecule has 1 aromatic heterocycles. The molecule has 0 bridgehead atoms. The Morgan fingerprint density at radius 3 is 2.91 bits per heavy atom. The van der Waals surface area contributed by atoms with Crippen molar-refractivity contribution in [3.63, 3.8) is 0 Å². The van der Waals surface area contributed by atoms with E-state index < -0.39 is 0 Å². The predicted molar refractivity (Wildman–Crippen MR) is 94.8 cm³/mol. The number of hydrogen-bond donors (Lipinski definition) is 2. The van der Waals surface area contributed by atoms with E-state index in [-0.39, 0.29) is 12.6 Å². The Kier molecular flexibility index (Phi) is 7.03. The predicted octanol–water partition coefficient (Wildman–Crippen LogP) is 3.83. The number of thiazole rings is 1. The van der Waals surface area contributed by atoms with E-state index in [2.05, 4.69) is 17.2 Å². The fourth-order valence-corrected chi connectivity index (χ4v) is 2.92. The molecule has 0 fully saturated rings. The van der Waals surface area contributed by atoms with E-state index in [4.69, 9.17) is 5.11 Å². The van der Waals surface area contributed by atoms with Crippen molar-refractivity contribution in [3.05, 3.63) is 35.8 Å². The number of carbonyl (C=O) groups excluding carboxylic acids is 1. The minimum Gasteiger partial charge on any atom is -0.395 e. The van der Waals surface area contributed by atoms with E-state index in [1.807, 2.05) is 29.6 Å². The van der Waals surface area contributed by atoms with Crippen LogP contribution >= 0.6 is 11.3 Å². The molecule has 0 aliphatic heterocycles. The number of carbonyl (C=O) groups is 1. The third-order valence-corrected chi connectivity index (χ3v) is 4.30. The summed E-state index contributed by atoms with van der Waals surface area (Å²) in [6, 6.07) is 7.48. The zero-order valence-electron chi connectivity index (χ0n) is 13.4. The van der Waals surface area contributed by atoms with Gasteiger partial charge in [-0.15, -0.1) is 11.3 Å². The second-order valence-electron chi connectivity index (χ2n) is 5.27. The number of benzene rings is 1. The highest BCUT2D eigenvalue weighted by atomic mass is 32.1. The third kappa shape index (κ3) is 5.33. The number of hydrogen-bond acceptors (Lipinski definition) is 4. The molecule has 0 unspecified atom stereocenters. The quantitative estimate of drug-likeness (QED) is 0.722. The van der Waals surface area contributed by atoms with Gasteiger partial charge in [0.05, 0.1) is 6.61 Å². The highest BCUT2D eigenvalue weighted by Crippen LogP contribution is 2.24. The molecular weight excluding hydrogens is 310 g/mol. The maximum Gasteiger partial charge on any atom is 0.321 e. The van der Waals surface area contributed by atoms with Gasteiger partial charge in [0.25, 0.3) is 0 Å². The van der Waals surface area contributed by atoms with Crippen molar-refractivity contribution in [2.75, 3.05) is 25.0 Å². The first kappa shape index (κ1) is 17.4. The second kappa shape index (κ2) is 9.27. The minimum absolute atomic E-state index is 0.0291. The van der Waals surface area contributed by atoms with Crippen LogP contribution in [-0.2, 0) is 0 Å². The molecule has 2 amide bonds. The van der Waals surface area contributed by atoms with Crippen LogP contribution in [0, 0.1) is 0 Å². The number of anilines is 1. The number of nitrogens with zero attached hydrogens (tertiary/aromatic N) is 2. The van der Waals surface area contributed by atoms with Crippen LogP contribution < -0.4 is 5.32 Å². The van der Waals surface area contributed by atoms with Gasteiger partial charge in [-0.25, -0.2) is 9.78 Å². The Morgan fingerprint density at radius 2 is 2.22 bits per heavy atom. The van der Waals surface area contributed by atoms with Gasteiger partial charge in [0.2, 0.25) is 0 Å². The van der Waals surface area contributed by atoms with Crippen molar-refractivity contribution in [3.8, 4) is 10.6 Å². The number of nitrogens with one attached hydrogen (secondary N) is 1. The highest BCUT2D eigenvalue weighted by molar-refractivity contribution is 7.13. The van der Waals surface area contributed by atoms with Crippen LogP contribution in [0.25, 0.3) is 10.6 Å². The van der Waals surface area contributed by atoms with Crippen LogP contribution in [-0.4, -0.2) is 40.7 Å². The van der Waals surface area contributed by atoms with Gasteiger partial charge in [0.15, 0.2) is 0 Å². The van der Waals surface area contributed by atoms with Gasteiger partial charge >= 0.3 is 6.03 Å². The molecule has 1 heterocycles. The average molecular weight is 333 g/mol. The standard InChI is InChI=1S/C17H23N3O2S/c1-2-3-4-9-20(10-11-21)17(22)19-15-7-5-6-14(13-15)16-18-8-12-23-16/h5-8,12-13,21H,2-4,9-11H2,1H3,(H,19,22). The molecular formula is C17H23N3O2S. The summed E-state index contributed by atoms with van der Waals surface area (Å²) in [4.78, 5) is 18.3. The topological polar surface area (TPSA) is 65.5 Å². The largest absolute Gasteiger partial charge is 0.395 e. The molecule has 2 aromatic rings. The van der Waals surface area contributed by atoms with Gasteiger partial charge in [-0.3, -0.25) is 0 Å². The van der Waals surface area contributed by atoms with E-state index in [1.165, 1.54) is 0 Å². The summed E-state index contributed by atoms with van der Waals surface area (Å²) in [7, 11) is 0. The van der Waals surface area contributed by atoms with Crippen LogP contribution in [0.4, 0.5) is 10.5 Å². The smallest absolute Gasteiger partial charge is 0.321 e. The van der Waals surface area contributed by atoms with E-state index in [0.717, 1.165) is 35.5 Å². The summed E-state index contributed by atoms with van der Waals surface area (Å²) in [5.74, 6) is 0. The SMILES string of the molecule is CCCCCN(CCO)C(=O)Nc1cccc(-c2nccs2)c1. The Bertz CT molecular complexity index is 602. The number of aliphatic hydroxyl groups excluding tert-OH is 1. The second-order valence-corrected chi connectivity index (χ2v) is 6.16. The molecule has 124 valence electrons. The first-order chi connectivity index (χ1) is 11.2. The maximum atomic E-state index is 12.4. The molecule has 0 aliphatic rings. The normalized spacial score (nSPS) is 10.5. The molecule has 1 aromatic carbocycles. The number of urea groups is 1. The maximum absolute atomic E-state index is 12.4. The van der Waals surface area contributed by atoms with Crippen LogP contribution in [0.3, 0.4) is 0 Å². The lowest BCUT2D eigenvalue weighted by atomic mass is 10.2. The van der Waals surface area contributed by atoms with Gasteiger partial charge in [-0.05, 0) is 18.6 Å². The van der Waals surface area contributed by atoms with E-state index in [0.29, 0.717) is 13.1 Å². The lowest BCUT2D eigenvalue weighted by molar-refractivity contribution is 0.187. The first-order valence-electron chi connectivity index (χ1n) is 7.91. The van der Waals surface area contributed by atoms with Crippen molar-refractivity contribution < 1.29 is 9.90 Å². The van der Waals surface area contributed by atoms with Gasteiger partial charge in [0, 0.05) is 35.9 Å². The molecule has 0 radical (unpaired) electrons. The summed E-state index contributed by atoms with van der Waals surface area (Å²) in [6.07, 6.45) is 4.89. The molecule has 23 heavy (non-hydrogen) atoms. The Morgan fingerprint density at radius 1 is 1.35 bits per heavy atom. The molecule has 0 atom stereocenters. The molecule has 2 rings (SSSR count).